The first-order valence-electron chi connectivity index (χ1n) is 5.95. The van der Waals surface area contributed by atoms with Gasteiger partial charge in [0.05, 0.1) is 12.5 Å². The van der Waals surface area contributed by atoms with E-state index in [9.17, 15) is 9.59 Å². The monoisotopic (exact) mass is 247 g/mol. The van der Waals surface area contributed by atoms with Gasteiger partial charge >= 0.3 is 5.97 Å². The Labute approximate surface area is 107 Å². The lowest BCUT2D eigenvalue weighted by atomic mass is 9.79. The molecule has 0 saturated carbocycles. The quantitative estimate of drug-likeness (QED) is 0.766. The van der Waals surface area contributed by atoms with Crippen LogP contribution in [0.3, 0.4) is 0 Å². The van der Waals surface area contributed by atoms with Crippen molar-refractivity contribution in [2.45, 2.75) is 25.2 Å². The lowest BCUT2D eigenvalue weighted by Crippen LogP contribution is -2.36. The molecule has 1 aliphatic heterocycles. The van der Waals surface area contributed by atoms with Crippen molar-refractivity contribution in [3.63, 3.8) is 0 Å². The van der Waals surface area contributed by atoms with Crippen LogP contribution in [0, 0.1) is 0 Å². The van der Waals surface area contributed by atoms with E-state index in [2.05, 4.69) is 4.74 Å². The van der Waals surface area contributed by atoms with Crippen LogP contribution in [0.15, 0.2) is 24.3 Å². The lowest BCUT2D eigenvalue weighted by Gasteiger charge is -2.22. The van der Waals surface area contributed by atoms with Crippen LogP contribution in [0.4, 0.5) is 5.69 Å². The first kappa shape index (κ1) is 12.6. The van der Waals surface area contributed by atoms with Crippen LogP contribution in [0.5, 0.6) is 0 Å². The number of hydrogen-bond acceptors (Lipinski definition) is 3. The van der Waals surface area contributed by atoms with E-state index in [1.54, 1.807) is 11.9 Å². The number of ether oxygens (including phenoxy) is 1. The van der Waals surface area contributed by atoms with E-state index in [1.165, 1.54) is 7.11 Å². The molecule has 1 aromatic rings. The summed E-state index contributed by atoms with van der Waals surface area (Å²) in [6.07, 6.45) is 0.723. The molecule has 1 atom stereocenters. The smallest absolute Gasteiger partial charge is 0.305 e. The van der Waals surface area contributed by atoms with Crippen molar-refractivity contribution in [3.8, 4) is 0 Å². The van der Waals surface area contributed by atoms with Crippen LogP contribution in [-0.4, -0.2) is 26.0 Å². The van der Waals surface area contributed by atoms with Gasteiger partial charge in [-0.25, -0.2) is 0 Å². The van der Waals surface area contributed by atoms with Crippen LogP contribution in [-0.2, 0) is 19.7 Å². The highest BCUT2D eigenvalue weighted by Gasteiger charge is 2.45. The predicted molar refractivity (Wildman–Crippen MR) is 68.5 cm³/mol. The molecule has 0 fully saturated rings. The fraction of sp³-hybridized carbons (Fsp3) is 0.429. The molecular weight excluding hydrogens is 230 g/mol. The standard InChI is InChI=1S/C14H17NO3/c1-14(9-8-12(16)18-3)10-6-4-5-7-11(10)15(2)13(14)17/h4-7H,8-9H2,1-3H3. The normalized spacial score (nSPS) is 21.9. The molecule has 4 heteroatoms. The number of carbonyl (C=O) groups excluding carboxylic acids is 2. The summed E-state index contributed by atoms with van der Waals surface area (Å²) in [6, 6.07) is 7.71. The third kappa shape index (κ3) is 1.78. The molecule has 1 heterocycles. The van der Waals surface area contributed by atoms with Crippen molar-refractivity contribution in [1.82, 2.24) is 0 Å². The lowest BCUT2D eigenvalue weighted by molar-refractivity contribution is -0.141. The highest BCUT2D eigenvalue weighted by Crippen LogP contribution is 2.43. The van der Waals surface area contributed by atoms with E-state index in [0.29, 0.717) is 6.42 Å². The molecule has 0 bridgehead atoms. The van der Waals surface area contributed by atoms with Gasteiger partial charge < -0.3 is 9.64 Å². The summed E-state index contributed by atoms with van der Waals surface area (Å²) in [6.45, 7) is 1.89. The van der Waals surface area contributed by atoms with E-state index in [-0.39, 0.29) is 18.3 Å². The minimum atomic E-state index is -0.625. The van der Waals surface area contributed by atoms with Crippen LogP contribution in [0.1, 0.15) is 25.3 Å². The van der Waals surface area contributed by atoms with Gasteiger partial charge in [-0.1, -0.05) is 18.2 Å². The van der Waals surface area contributed by atoms with Crippen LogP contribution in [0.2, 0.25) is 0 Å². The number of fused-ring (bicyclic) bond motifs is 1. The highest BCUT2D eigenvalue weighted by atomic mass is 16.5. The van der Waals surface area contributed by atoms with Crippen LogP contribution in [0.25, 0.3) is 0 Å². The number of benzene rings is 1. The number of hydrogen-bond donors (Lipinski definition) is 0. The number of methoxy groups -OCH3 is 1. The van der Waals surface area contributed by atoms with Gasteiger partial charge in [-0.2, -0.15) is 0 Å². The Morgan fingerprint density at radius 3 is 2.72 bits per heavy atom. The molecule has 1 unspecified atom stereocenters. The number of anilines is 1. The first-order chi connectivity index (χ1) is 8.50. The maximum absolute atomic E-state index is 12.4. The number of amides is 1. The number of nitrogens with zero attached hydrogens (tertiary/aromatic N) is 1. The van der Waals surface area contributed by atoms with Gasteiger partial charge in [0, 0.05) is 19.2 Å². The SMILES string of the molecule is COC(=O)CCC1(C)C(=O)N(C)c2ccccc21. The molecule has 18 heavy (non-hydrogen) atoms. The molecule has 0 radical (unpaired) electrons. The van der Waals surface area contributed by atoms with Gasteiger partial charge in [-0.3, -0.25) is 9.59 Å². The van der Waals surface area contributed by atoms with Gasteiger partial charge in [0.2, 0.25) is 5.91 Å². The Kier molecular flexibility index (Phi) is 3.11. The second kappa shape index (κ2) is 4.44. The van der Waals surface area contributed by atoms with E-state index in [4.69, 9.17) is 0 Å². The van der Waals surface area contributed by atoms with E-state index < -0.39 is 5.41 Å². The average molecular weight is 247 g/mol. The number of para-hydroxylation sites is 1. The fourth-order valence-corrected chi connectivity index (χ4v) is 2.52. The van der Waals surface area contributed by atoms with Crippen LogP contribution >= 0.6 is 0 Å². The van der Waals surface area contributed by atoms with Crippen molar-refractivity contribution in [2.75, 3.05) is 19.1 Å². The van der Waals surface area contributed by atoms with Crippen LogP contribution < -0.4 is 4.90 Å². The highest BCUT2D eigenvalue weighted by molar-refractivity contribution is 6.07. The van der Waals surface area contributed by atoms with Crippen molar-refractivity contribution in [1.29, 1.82) is 0 Å². The molecule has 0 saturated heterocycles. The van der Waals surface area contributed by atoms with Crippen molar-refractivity contribution >= 4 is 17.6 Å². The maximum atomic E-state index is 12.4. The number of likely N-dealkylation sites (N-methyl/N-ethyl adjacent to an activating group) is 1. The molecule has 0 N–H and O–H groups in total. The van der Waals surface area contributed by atoms with Gasteiger partial charge in [0.15, 0.2) is 0 Å². The Morgan fingerprint density at radius 1 is 1.39 bits per heavy atom. The molecular formula is C14H17NO3. The molecule has 1 amide bonds. The van der Waals surface area contributed by atoms with Gasteiger partial charge in [0.1, 0.15) is 0 Å². The first-order valence-corrected chi connectivity index (χ1v) is 5.95. The summed E-state index contributed by atoms with van der Waals surface area (Å²) < 4.78 is 4.64. The predicted octanol–water partition coefficient (Wildman–Crippen LogP) is 1.87. The van der Waals surface area contributed by atoms with Crippen molar-refractivity contribution in [2.24, 2.45) is 0 Å². The second-order valence-corrected chi connectivity index (χ2v) is 4.79. The molecule has 4 nitrogen and oxygen atoms in total. The molecule has 96 valence electrons. The minimum Gasteiger partial charge on any atom is -0.469 e. The zero-order valence-electron chi connectivity index (χ0n) is 10.9. The molecule has 0 spiro atoms. The van der Waals surface area contributed by atoms with Gasteiger partial charge in [-0.05, 0) is 25.0 Å². The largest absolute Gasteiger partial charge is 0.469 e. The minimum absolute atomic E-state index is 0.0348. The topological polar surface area (TPSA) is 46.6 Å². The van der Waals surface area contributed by atoms with Gasteiger partial charge in [0.25, 0.3) is 0 Å². The van der Waals surface area contributed by atoms with Crippen molar-refractivity contribution in [3.05, 3.63) is 29.8 Å². The Morgan fingerprint density at radius 2 is 2.06 bits per heavy atom. The maximum Gasteiger partial charge on any atom is 0.305 e. The Balaban J connectivity index is 2.32. The van der Waals surface area contributed by atoms with E-state index in [1.807, 2.05) is 31.2 Å². The summed E-state index contributed by atoms with van der Waals surface area (Å²) in [5.41, 5.74) is 1.29. The fourth-order valence-electron chi connectivity index (χ4n) is 2.52. The molecule has 2 rings (SSSR count). The zero-order valence-corrected chi connectivity index (χ0v) is 10.9. The van der Waals surface area contributed by atoms with E-state index in [0.717, 1.165) is 11.3 Å². The summed E-state index contributed by atoms with van der Waals surface area (Å²) >= 11 is 0. The second-order valence-electron chi connectivity index (χ2n) is 4.79. The molecule has 1 aromatic carbocycles. The number of esters is 1. The molecule has 0 aromatic heterocycles. The zero-order chi connectivity index (χ0) is 13.3. The summed E-state index contributed by atoms with van der Waals surface area (Å²) in [7, 11) is 3.13. The molecule has 0 aliphatic carbocycles. The summed E-state index contributed by atoms with van der Waals surface area (Å²) in [4.78, 5) is 25.3. The Bertz CT molecular complexity index is 498. The molecule has 1 aliphatic rings. The third-order valence-electron chi connectivity index (χ3n) is 3.69. The average Bonchev–Trinajstić information content (AvgIpc) is 2.59. The summed E-state index contributed by atoms with van der Waals surface area (Å²) in [5, 5.41) is 0. The van der Waals surface area contributed by atoms with Gasteiger partial charge in [-0.15, -0.1) is 0 Å². The summed E-state index contributed by atoms with van der Waals surface area (Å²) in [5.74, 6) is -0.247. The number of rotatable bonds is 3. The van der Waals surface area contributed by atoms with E-state index >= 15 is 0 Å². The van der Waals surface area contributed by atoms with Crippen molar-refractivity contribution < 1.29 is 14.3 Å². The number of carbonyl (C=O) groups is 2. The Hall–Kier alpha value is -1.84. The third-order valence-corrected chi connectivity index (χ3v) is 3.69.